The van der Waals surface area contributed by atoms with Crippen molar-refractivity contribution in [3.8, 4) is 34.4 Å². The van der Waals surface area contributed by atoms with Crippen molar-refractivity contribution in [2.24, 2.45) is 0 Å². The minimum Gasteiger partial charge on any atom is -0.454 e. The Bertz CT molecular complexity index is 3060. The lowest BCUT2D eigenvalue weighted by Gasteiger charge is -2.11. The van der Waals surface area contributed by atoms with Crippen LogP contribution in [0.4, 0.5) is 0 Å². The van der Waals surface area contributed by atoms with E-state index < -0.39 is 0 Å². The first kappa shape index (κ1) is 27.9. The fourth-order valence-electron chi connectivity index (χ4n) is 7.79. The summed E-state index contributed by atoms with van der Waals surface area (Å²) in [5.74, 6) is 1.74. The summed E-state index contributed by atoms with van der Waals surface area (Å²) in [6.45, 7) is 0. The molecule has 0 aliphatic heterocycles. The van der Waals surface area contributed by atoms with Crippen molar-refractivity contribution in [1.29, 1.82) is 0 Å². The number of para-hydroxylation sites is 3. The molecule has 0 saturated heterocycles. The molecule has 0 aliphatic carbocycles. The van der Waals surface area contributed by atoms with Crippen LogP contribution in [0, 0.1) is 0 Å². The third kappa shape index (κ3) is 4.07. The summed E-state index contributed by atoms with van der Waals surface area (Å²) >= 11 is 0. The molecular formula is C45H27N5O. The lowest BCUT2D eigenvalue weighted by molar-refractivity contribution is 0.670. The van der Waals surface area contributed by atoms with E-state index in [4.69, 9.17) is 19.4 Å². The fraction of sp³-hybridized carbons (Fsp3) is 0. The molecule has 11 aromatic rings. The van der Waals surface area contributed by atoms with E-state index in [0.717, 1.165) is 71.6 Å². The van der Waals surface area contributed by atoms with Gasteiger partial charge in [0.2, 0.25) is 5.95 Å². The molecule has 0 fully saturated rings. The van der Waals surface area contributed by atoms with Gasteiger partial charge in [0.1, 0.15) is 11.1 Å². The molecule has 0 radical (unpaired) electrons. The van der Waals surface area contributed by atoms with Gasteiger partial charge < -0.3 is 8.98 Å². The Morgan fingerprint density at radius 2 is 0.941 bits per heavy atom. The maximum absolute atomic E-state index is 6.76. The second kappa shape index (κ2) is 10.7. The number of hydrogen-bond acceptors (Lipinski definition) is 4. The average molecular weight is 654 g/mol. The Balaban J connectivity index is 1.34. The van der Waals surface area contributed by atoms with E-state index in [-0.39, 0.29) is 0 Å². The Morgan fingerprint density at radius 3 is 1.65 bits per heavy atom. The molecule has 6 nitrogen and oxygen atoms in total. The lowest BCUT2D eigenvalue weighted by Crippen LogP contribution is -2.06. The van der Waals surface area contributed by atoms with Crippen molar-refractivity contribution < 1.29 is 4.42 Å². The lowest BCUT2D eigenvalue weighted by atomic mass is 10.0. The van der Waals surface area contributed by atoms with Crippen LogP contribution in [0.25, 0.3) is 100.0 Å². The Hall–Kier alpha value is -7.05. The van der Waals surface area contributed by atoms with E-state index in [1.54, 1.807) is 0 Å². The largest absolute Gasteiger partial charge is 0.454 e. The number of hydrogen-bond donors (Lipinski definition) is 0. The molecule has 0 aliphatic rings. The van der Waals surface area contributed by atoms with E-state index in [1.165, 1.54) is 10.8 Å². The van der Waals surface area contributed by atoms with Crippen molar-refractivity contribution in [2.45, 2.75) is 0 Å². The highest BCUT2D eigenvalue weighted by Gasteiger charge is 2.25. The zero-order valence-corrected chi connectivity index (χ0v) is 27.2. The summed E-state index contributed by atoms with van der Waals surface area (Å²) in [6.07, 6.45) is 0. The van der Waals surface area contributed by atoms with Crippen LogP contribution in [0.15, 0.2) is 168 Å². The van der Waals surface area contributed by atoms with Gasteiger partial charge in [0.15, 0.2) is 17.2 Å². The maximum atomic E-state index is 6.76. The zero-order valence-electron chi connectivity index (χ0n) is 27.2. The predicted octanol–water partition coefficient (Wildman–Crippen LogP) is 11.3. The molecule has 0 N–H and O–H groups in total. The molecule has 0 unspecified atom stereocenters. The first-order chi connectivity index (χ1) is 25.3. The van der Waals surface area contributed by atoms with Gasteiger partial charge in [-0.15, -0.1) is 0 Å². The van der Waals surface area contributed by atoms with Gasteiger partial charge in [-0.2, -0.15) is 9.97 Å². The Morgan fingerprint density at radius 1 is 0.392 bits per heavy atom. The van der Waals surface area contributed by atoms with Crippen molar-refractivity contribution in [3.63, 3.8) is 0 Å². The Labute approximate surface area is 291 Å². The molecule has 0 atom stereocenters. The van der Waals surface area contributed by atoms with Gasteiger partial charge in [-0.05, 0) is 42.5 Å². The highest BCUT2D eigenvalue weighted by Crippen LogP contribution is 2.45. The SMILES string of the molecule is c1ccc(-c2nc(-c3ccccc3)nc(-n3c4ccc5c(c6ccccc6n5-c5ccccc5)c4c4ccc5c6ccccc6oc5c43)n2)cc1. The highest BCUT2D eigenvalue weighted by atomic mass is 16.3. The van der Waals surface area contributed by atoms with Crippen LogP contribution in [0.1, 0.15) is 0 Å². The topological polar surface area (TPSA) is 61.7 Å². The number of aromatic nitrogens is 5. The standard InChI is InChI=1S/C45H27N5O/c1-4-14-28(15-5-1)43-46-44(29-16-6-2-7-17-29)48-45(47-43)50-37-27-26-36-39(33-21-10-12-22-35(33)49(36)30-18-8-3-9-19-30)40(37)34-25-24-32-31-20-11-13-23-38(31)51-42(32)41(34)50/h1-27H. The van der Waals surface area contributed by atoms with E-state index >= 15 is 0 Å². The highest BCUT2D eigenvalue weighted by molar-refractivity contribution is 6.31. The van der Waals surface area contributed by atoms with Gasteiger partial charge in [0.25, 0.3) is 0 Å². The van der Waals surface area contributed by atoms with Crippen LogP contribution >= 0.6 is 0 Å². The van der Waals surface area contributed by atoms with Crippen LogP contribution in [-0.2, 0) is 0 Å². The van der Waals surface area contributed by atoms with Crippen LogP contribution in [0.2, 0.25) is 0 Å². The molecule has 238 valence electrons. The molecule has 11 rings (SSSR count). The maximum Gasteiger partial charge on any atom is 0.238 e. The predicted molar refractivity (Wildman–Crippen MR) is 207 cm³/mol. The number of benzene rings is 7. The van der Waals surface area contributed by atoms with Crippen molar-refractivity contribution in [2.75, 3.05) is 0 Å². The van der Waals surface area contributed by atoms with Gasteiger partial charge in [-0.3, -0.25) is 4.57 Å². The van der Waals surface area contributed by atoms with Gasteiger partial charge in [0.05, 0.1) is 16.6 Å². The average Bonchev–Trinajstić information content (AvgIpc) is 3.86. The summed E-state index contributed by atoms with van der Waals surface area (Å²) in [5, 5.41) is 6.66. The molecule has 7 aromatic carbocycles. The molecule has 0 bridgehead atoms. The molecule has 0 spiro atoms. The van der Waals surface area contributed by atoms with Crippen LogP contribution in [0.5, 0.6) is 0 Å². The van der Waals surface area contributed by atoms with Crippen molar-refractivity contribution in [3.05, 3.63) is 164 Å². The van der Waals surface area contributed by atoms with E-state index in [2.05, 4.69) is 100 Å². The summed E-state index contributed by atoms with van der Waals surface area (Å²) in [6, 6.07) is 56.6. The first-order valence-corrected chi connectivity index (χ1v) is 17.0. The molecule has 6 heteroatoms. The van der Waals surface area contributed by atoms with Crippen LogP contribution < -0.4 is 0 Å². The third-order valence-electron chi connectivity index (χ3n) is 9.97. The zero-order chi connectivity index (χ0) is 33.5. The van der Waals surface area contributed by atoms with Gasteiger partial charge in [-0.1, -0.05) is 121 Å². The van der Waals surface area contributed by atoms with Gasteiger partial charge >= 0.3 is 0 Å². The fourth-order valence-corrected chi connectivity index (χ4v) is 7.79. The third-order valence-corrected chi connectivity index (χ3v) is 9.97. The summed E-state index contributed by atoms with van der Waals surface area (Å²) < 4.78 is 11.3. The molecular weight excluding hydrogens is 627 g/mol. The van der Waals surface area contributed by atoms with Crippen LogP contribution in [0.3, 0.4) is 0 Å². The quantitative estimate of drug-likeness (QED) is 0.190. The molecule has 0 amide bonds. The van der Waals surface area contributed by atoms with Crippen molar-refractivity contribution >= 4 is 65.6 Å². The van der Waals surface area contributed by atoms with E-state index in [9.17, 15) is 0 Å². The van der Waals surface area contributed by atoms with Gasteiger partial charge in [0, 0.05) is 49.1 Å². The summed E-state index contributed by atoms with van der Waals surface area (Å²) in [5.41, 5.74) is 8.78. The minimum absolute atomic E-state index is 0.529. The first-order valence-electron chi connectivity index (χ1n) is 17.0. The van der Waals surface area contributed by atoms with Crippen LogP contribution in [-0.4, -0.2) is 24.1 Å². The smallest absolute Gasteiger partial charge is 0.238 e. The number of fused-ring (bicyclic) bond motifs is 11. The molecule has 4 heterocycles. The van der Waals surface area contributed by atoms with E-state index in [1.807, 2.05) is 72.8 Å². The Kier molecular flexibility index (Phi) is 5.86. The number of furan rings is 1. The number of rotatable bonds is 4. The molecule has 0 saturated carbocycles. The normalized spacial score (nSPS) is 11.9. The van der Waals surface area contributed by atoms with Gasteiger partial charge in [-0.25, -0.2) is 4.98 Å². The number of nitrogens with zero attached hydrogens (tertiary/aromatic N) is 5. The monoisotopic (exact) mass is 653 g/mol. The summed E-state index contributed by atoms with van der Waals surface area (Å²) in [4.78, 5) is 15.4. The molecule has 51 heavy (non-hydrogen) atoms. The molecule has 4 aromatic heterocycles. The summed E-state index contributed by atoms with van der Waals surface area (Å²) in [7, 11) is 0. The van der Waals surface area contributed by atoms with Crippen molar-refractivity contribution in [1.82, 2.24) is 24.1 Å². The second-order valence-corrected chi connectivity index (χ2v) is 12.8. The van der Waals surface area contributed by atoms with E-state index in [0.29, 0.717) is 17.6 Å². The second-order valence-electron chi connectivity index (χ2n) is 12.8. The minimum atomic E-state index is 0.529.